The number of thiazole rings is 1. The molecule has 0 radical (unpaired) electrons. The average Bonchev–Trinajstić information content (AvgIpc) is 3.30. The Labute approximate surface area is 150 Å². The second-order valence-electron chi connectivity index (χ2n) is 6.08. The van der Waals surface area contributed by atoms with Crippen molar-refractivity contribution in [2.75, 3.05) is 6.54 Å². The van der Waals surface area contributed by atoms with Crippen LogP contribution >= 0.6 is 11.3 Å². The van der Waals surface area contributed by atoms with Crippen molar-refractivity contribution >= 4 is 17.2 Å². The molecule has 0 aliphatic carbocycles. The summed E-state index contributed by atoms with van der Waals surface area (Å²) in [5.74, 6) is -0.0406. The van der Waals surface area contributed by atoms with E-state index < -0.39 is 0 Å². The SMILES string of the molecule is CCCc1nc(C(=O)N2CCc3[nH]cnc3[C@@H]2c2cccnc2)cs1. The van der Waals surface area contributed by atoms with Gasteiger partial charge < -0.3 is 9.88 Å². The normalized spacial score (nSPS) is 16.7. The zero-order valence-corrected chi connectivity index (χ0v) is 14.8. The van der Waals surface area contributed by atoms with Gasteiger partial charge in [0.05, 0.1) is 17.0 Å². The van der Waals surface area contributed by atoms with Gasteiger partial charge in [0.15, 0.2) is 0 Å². The number of hydrogen-bond acceptors (Lipinski definition) is 5. The molecular formula is C18H19N5OS. The van der Waals surface area contributed by atoms with Crippen LogP contribution in [-0.2, 0) is 12.8 Å². The molecule has 25 heavy (non-hydrogen) atoms. The number of pyridine rings is 1. The standard InChI is InChI=1S/C18H19N5OS/c1-2-4-15-22-14(10-25-15)18(24)23-8-6-13-16(21-11-20-13)17(23)12-5-3-7-19-9-12/h3,5,7,9-11,17H,2,4,6,8H2,1H3,(H,20,21)/t17-/m0/s1. The molecule has 0 bridgehead atoms. The Morgan fingerprint density at radius 2 is 2.40 bits per heavy atom. The second-order valence-corrected chi connectivity index (χ2v) is 7.02. The Balaban J connectivity index is 1.70. The van der Waals surface area contributed by atoms with Gasteiger partial charge in [0, 0.05) is 36.4 Å². The van der Waals surface area contributed by atoms with E-state index in [0.29, 0.717) is 12.2 Å². The number of imidazole rings is 1. The molecule has 0 fully saturated rings. The van der Waals surface area contributed by atoms with Gasteiger partial charge in [-0.05, 0) is 24.5 Å². The van der Waals surface area contributed by atoms with Gasteiger partial charge in [0.2, 0.25) is 0 Å². The van der Waals surface area contributed by atoms with Gasteiger partial charge in [-0.1, -0.05) is 13.0 Å². The van der Waals surface area contributed by atoms with Crippen LogP contribution < -0.4 is 0 Å². The molecule has 128 valence electrons. The quantitative estimate of drug-likeness (QED) is 0.782. The third-order valence-electron chi connectivity index (χ3n) is 4.42. The number of hydrogen-bond donors (Lipinski definition) is 1. The number of aromatic amines is 1. The van der Waals surface area contributed by atoms with Gasteiger partial charge >= 0.3 is 0 Å². The molecule has 0 spiro atoms. The van der Waals surface area contributed by atoms with E-state index in [2.05, 4.69) is 26.9 Å². The fourth-order valence-electron chi connectivity index (χ4n) is 3.26. The second kappa shape index (κ2) is 6.76. The Morgan fingerprint density at radius 1 is 1.48 bits per heavy atom. The van der Waals surface area contributed by atoms with E-state index in [1.165, 1.54) is 0 Å². The summed E-state index contributed by atoms with van der Waals surface area (Å²) in [4.78, 5) is 31.4. The molecule has 1 aliphatic heterocycles. The number of H-pyrrole nitrogens is 1. The van der Waals surface area contributed by atoms with Crippen LogP contribution in [0.15, 0.2) is 36.2 Å². The zero-order chi connectivity index (χ0) is 17.2. The maximum atomic E-state index is 13.1. The Kier molecular flexibility index (Phi) is 4.31. The molecule has 3 aromatic rings. The highest BCUT2D eigenvalue weighted by atomic mass is 32.1. The molecule has 7 heteroatoms. The van der Waals surface area contributed by atoms with Gasteiger partial charge in [-0.25, -0.2) is 9.97 Å². The number of nitrogens with one attached hydrogen (secondary N) is 1. The lowest BCUT2D eigenvalue weighted by atomic mass is 9.96. The third kappa shape index (κ3) is 2.95. The molecule has 0 saturated carbocycles. The maximum Gasteiger partial charge on any atom is 0.274 e. The summed E-state index contributed by atoms with van der Waals surface area (Å²) in [5.41, 5.74) is 3.48. The van der Waals surface area contributed by atoms with E-state index in [1.54, 1.807) is 30.1 Å². The fourth-order valence-corrected chi connectivity index (χ4v) is 4.13. The van der Waals surface area contributed by atoms with E-state index in [0.717, 1.165) is 41.2 Å². The molecule has 0 unspecified atom stereocenters. The van der Waals surface area contributed by atoms with Crippen molar-refractivity contribution < 1.29 is 4.79 Å². The summed E-state index contributed by atoms with van der Waals surface area (Å²) in [6.07, 6.45) is 7.95. The molecule has 1 N–H and O–H groups in total. The van der Waals surface area contributed by atoms with Gasteiger partial charge in [-0.15, -0.1) is 11.3 Å². The van der Waals surface area contributed by atoms with Crippen molar-refractivity contribution in [2.45, 2.75) is 32.2 Å². The third-order valence-corrected chi connectivity index (χ3v) is 5.33. The summed E-state index contributed by atoms with van der Waals surface area (Å²) in [5, 5.41) is 2.88. The summed E-state index contributed by atoms with van der Waals surface area (Å²) in [6.45, 7) is 2.75. The average molecular weight is 353 g/mol. The Morgan fingerprint density at radius 3 is 3.20 bits per heavy atom. The Hall–Kier alpha value is -2.54. The highest BCUT2D eigenvalue weighted by Crippen LogP contribution is 2.34. The van der Waals surface area contributed by atoms with Crippen molar-refractivity contribution in [3.05, 3.63) is 63.9 Å². The fraction of sp³-hybridized carbons (Fsp3) is 0.333. The number of nitrogens with zero attached hydrogens (tertiary/aromatic N) is 4. The summed E-state index contributed by atoms with van der Waals surface area (Å²) >= 11 is 1.56. The highest BCUT2D eigenvalue weighted by molar-refractivity contribution is 7.09. The van der Waals surface area contributed by atoms with Gasteiger partial charge in [0.25, 0.3) is 5.91 Å². The molecule has 6 nitrogen and oxygen atoms in total. The molecule has 0 aromatic carbocycles. The smallest absolute Gasteiger partial charge is 0.274 e. The lowest BCUT2D eigenvalue weighted by Crippen LogP contribution is -2.41. The molecular weight excluding hydrogens is 334 g/mol. The van der Waals surface area contributed by atoms with Gasteiger partial charge in [0.1, 0.15) is 11.7 Å². The molecule has 3 aromatic heterocycles. The molecule has 1 amide bonds. The molecule has 4 heterocycles. The van der Waals surface area contributed by atoms with Crippen LogP contribution in [0, 0.1) is 0 Å². The lowest BCUT2D eigenvalue weighted by molar-refractivity contribution is 0.0685. The minimum Gasteiger partial charge on any atom is -0.348 e. The van der Waals surface area contributed by atoms with Crippen LogP contribution in [0.4, 0.5) is 0 Å². The lowest BCUT2D eigenvalue weighted by Gasteiger charge is -2.34. The van der Waals surface area contributed by atoms with E-state index in [4.69, 9.17) is 0 Å². The van der Waals surface area contributed by atoms with Gasteiger partial charge in [-0.2, -0.15) is 0 Å². The molecule has 4 rings (SSSR count). The number of amides is 1. The topological polar surface area (TPSA) is 74.8 Å². The molecule has 0 saturated heterocycles. The maximum absolute atomic E-state index is 13.1. The van der Waals surface area contributed by atoms with Crippen molar-refractivity contribution in [2.24, 2.45) is 0 Å². The van der Waals surface area contributed by atoms with Crippen LogP contribution in [0.5, 0.6) is 0 Å². The number of carbonyl (C=O) groups excluding carboxylic acids is 1. The van der Waals surface area contributed by atoms with Crippen LogP contribution in [0.1, 0.15) is 51.8 Å². The molecule has 1 atom stereocenters. The van der Waals surface area contributed by atoms with Crippen molar-refractivity contribution in [1.29, 1.82) is 0 Å². The number of rotatable bonds is 4. The summed E-state index contributed by atoms with van der Waals surface area (Å²) < 4.78 is 0. The Bertz CT molecular complexity index is 872. The first-order valence-corrected chi connectivity index (χ1v) is 9.33. The minimum absolute atomic E-state index is 0.0406. The van der Waals surface area contributed by atoms with E-state index >= 15 is 0 Å². The van der Waals surface area contributed by atoms with Crippen LogP contribution in [0.25, 0.3) is 0 Å². The largest absolute Gasteiger partial charge is 0.348 e. The first kappa shape index (κ1) is 16.0. The van der Waals surface area contributed by atoms with Crippen LogP contribution in [0.3, 0.4) is 0 Å². The summed E-state index contributed by atoms with van der Waals surface area (Å²) in [7, 11) is 0. The zero-order valence-electron chi connectivity index (χ0n) is 14.0. The number of fused-ring (bicyclic) bond motifs is 1. The van der Waals surface area contributed by atoms with Crippen LogP contribution in [0.2, 0.25) is 0 Å². The number of carbonyl (C=O) groups is 1. The minimum atomic E-state index is -0.229. The van der Waals surface area contributed by atoms with Crippen molar-refractivity contribution in [3.8, 4) is 0 Å². The first-order valence-electron chi connectivity index (χ1n) is 8.45. The van der Waals surface area contributed by atoms with E-state index in [9.17, 15) is 4.79 Å². The predicted octanol–water partition coefficient (Wildman–Crippen LogP) is 3.00. The van der Waals surface area contributed by atoms with Crippen molar-refractivity contribution in [1.82, 2.24) is 24.8 Å². The van der Waals surface area contributed by atoms with E-state index in [1.807, 2.05) is 22.4 Å². The number of aryl methyl sites for hydroxylation is 1. The highest BCUT2D eigenvalue weighted by Gasteiger charge is 2.35. The summed E-state index contributed by atoms with van der Waals surface area (Å²) in [6, 6.07) is 3.65. The van der Waals surface area contributed by atoms with E-state index in [-0.39, 0.29) is 11.9 Å². The predicted molar refractivity (Wildman–Crippen MR) is 95.5 cm³/mol. The first-order chi connectivity index (χ1) is 12.3. The van der Waals surface area contributed by atoms with Crippen LogP contribution in [-0.4, -0.2) is 37.3 Å². The van der Waals surface area contributed by atoms with Gasteiger partial charge in [-0.3, -0.25) is 9.78 Å². The monoisotopic (exact) mass is 353 g/mol. The van der Waals surface area contributed by atoms with Crippen molar-refractivity contribution in [3.63, 3.8) is 0 Å². The molecule has 1 aliphatic rings. The number of aromatic nitrogens is 4.